The van der Waals surface area contributed by atoms with Crippen molar-refractivity contribution in [3.8, 4) is 17.1 Å². The van der Waals surface area contributed by atoms with Gasteiger partial charge in [0.1, 0.15) is 5.75 Å². The standard InChI is InChI=1S/C24H26N2O3/c1-18(29-24(28)21-10-6-3-7-11-21)8-4-2-5-9-19-16-25-23(26-17-19)20-12-14-22(27)15-13-20/h3,6-7,10-18,27H,2,4-5,8-9H2,1H3. The van der Waals surface area contributed by atoms with E-state index in [1.165, 1.54) is 0 Å². The van der Waals surface area contributed by atoms with Gasteiger partial charge in [-0.05, 0) is 74.6 Å². The van der Waals surface area contributed by atoms with Crippen LogP contribution in [0.3, 0.4) is 0 Å². The summed E-state index contributed by atoms with van der Waals surface area (Å²) < 4.78 is 5.49. The maximum atomic E-state index is 12.0. The van der Waals surface area contributed by atoms with Crippen LogP contribution < -0.4 is 0 Å². The van der Waals surface area contributed by atoms with Crippen molar-refractivity contribution < 1.29 is 14.6 Å². The second kappa shape index (κ2) is 10.4. The van der Waals surface area contributed by atoms with Gasteiger partial charge in [0.25, 0.3) is 0 Å². The van der Waals surface area contributed by atoms with Crippen molar-refractivity contribution in [1.29, 1.82) is 0 Å². The molecule has 1 N–H and O–H groups in total. The van der Waals surface area contributed by atoms with E-state index in [1.54, 1.807) is 36.4 Å². The fraction of sp³-hybridized carbons (Fsp3) is 0.292. The summed E-state index contributed by atoms with van der Waals surface area (Å²) in [5.41, 5.74) is 2.58. The fourth-order valence-electron chi connectivity index (χ4n) is 3.07. The van der Waals surface area contributed by atoms with Crippen molar-refractivity contribution >= 4 is 5.97 Å². The van der Waals surface area contributed by atoms with E-state index >= 15 is 0 Å². The number of aromatic nitrogens is 2. The highest BCUT2D eigenvalue weighted by atomic mass is 16.5. The van der Waals surface area contributed by atoms with Crippen molar-refractivity contribution in [3.05, 3.63) is 78.1 Å². The Kier molecular flexibility index (Phi) is 7.34. The molecule has 1 aromatic heterocycles. The lowest BCUT2D eigenvalue weighted by Crippen LogP contribution is -2.14. The van der Waals surface area contributed by atoms with Crippen molar-refractivity contribution in [3.63, 3.8) is 0 Å². The van der Waals surface area contributed by atoms with E-state index in [2.05, 4.69) is 9.97 Å². The van der Waals surface area contributed by atoms with Gasteiger partial charge in [-0.15, -0.1) is 0 Å². The quantitative estimate of drug-likeness (QED) is 0.402. The number of ether oxygens (including phenoxy) is 1. The number of hydrogen-bond acceptors (Lipinski definition) is 5. The largest absolute Gasteiger partial charge is 0.508 e. The minimum absolute atomic E-state index is 0.0874. The molecular weight excluding hydrogens is 364 g/mol. The molecule has 5 nitrogen and oxygen atoms in total. The number of unbranched alkanes of at least 4 members (excludes halogenated alkanes) is 2. The van der Waals surface area contributed by atoms with E-state index in [-0.39, 0.29) is 17.8 Å². The van der Waals surface area contributed by atoms with Gasteiger partial charge in [0.05, 0.1) is 11.7 Å². The molecule has 0 spiro atoms. The number of rotatable bonds is 9. The first-order chi connectivity index (χ1) is 14.1. The summed E-state index contributed by atoms with van der Waals surface area (Å²) in [4.78, 5) is 20.9. The van der Waals surface area contributed by atoms with Crippen molar-refractivity contribution in [2.45, 2.75) is 45.1 Å². The Morgan fingerprint density at radius 3 is 2.34 bits per heavy atom. The average Bonchev–Trinajstić information content (AvgIpc) is 2.75. The maximum Gasteiger partial charge on any atom is 0.338 e. The zero-order valence-corrected chi connectivity index (χ0v) is 16.6. The highest BCUT2D eigenvalue weighted by molar-refractivity contribution is 5.89. The first kappa shape index (κ1) is 20.5. The van der Waals surface area contributed by atoms with E-state index in [0.717, 1.165) is 43.2 Å². The van der Waals surface area contributed by atoms with Crippen LogP contribution in [0.1, 0.15) is 48.5 Å². The average molecular weight is 390 g/mol. The molecule has 29 heavy (non-hydrogen) atoms. The molecule has 5 heteroatoms. The number of hydrogen-bond donors (Lipinski definition) is 1. The Bertz CT molecular complexity index is 894. The van der Waals surface area contributed by atoms with Gasteiger partial charge in [-0.25, -0.2) is 14.8 Å². The van der Waals surface area contributed by atoms with Crippen LogP contribution in [0.4, 0.5) is 0 Å². The van der Waals surface area contributed by atoms with Crippen molar-refractivity contribution in [2.75, 3.05) is 0 Å². The summed E-state index contributed by atoms with van der Waals surface area (Å²) in [5.74, 6) is 0.626. The molecule has 0 aliphatic heterocycles. The number of carbonyl (C=O) groups excluding carboxylic acids is 1. The summed E-state index contributed by atoms with van der Waals surface area (Å²) >= 11 is 0. The Balaban J connectivity index is 1.35. The Morgan fingerprint density at radius 1 is 0.966 bits per heavy atom. The lowest BCUT2D eigenvalue weighted by molar-refractivity contribution is 0.0319. The predicted molar refractivity (Wildman–Crippen MR) is 113 cm³/mol. The molecule has 1 unspecified atom stereocenters. The SMILES string of the molecule is CC(CCCCCc1cnc(-c2ccc(O)cc2)nc1)OC(=O)c1ccccc1. The fourth-order valence-corrected chi connectivity index (χ4v) is 3.07. The number of phenolic OH excluding ortho intramolecular Hbond substituents is 1. The lowest BCUT2D eigenvalue weighted by atomic mass is 10.1. The van der Waals surface area contributed by atoms with Crippen molar-refractivity contribution in [2.24, 2.45) is 0 Å². The summed E-state index contributed by atoms with van der Waals surface area (Å²) in [5, 5.41) is 9.35. The van der Waals surface area contributed by atoms with Crippen LogP contribution in [0.25, 0.3) is 11.4 Å². The molecule has 1 atom stereocenters. The Hall–Kier alpha value is -3.21. The highest BCUT2D eigenvalue weighted by Gasteiger charge is 2.11. The first-order valence-corrected chi connectivity index (χ1v) is 9.98. The molecule has 2 aromatic carbocycles. The van der Waals surface area contributed by atoms with Crippen LogP contribution in [0.5, 0.6) is 5.75 Å². The van der Waals surface area contributed by atoms with E-state index in [4.69, 9.17) is 4.74 Å². The molecule has 0 saturated heterocycles. The number of aryl methyl sites for hydroxylation is 1. The summed E-state index contributed by atoms with van der Waals surface area (Å²) in [6.45, 7) is 1.94. The van der Waals surface area contributed by atoms with Crippen LogP contribution in [-0.4, -0.2) is 27.1 Å². The summed E-state index contributed by atoms with van der Waals surface area (Å²) in [7, 11) is 0. The lowest BCUT2D eigenvalue weighted by Gasteiger charge is -2.13. The second-order valence-electron chi connectivity index (χ2n) is 7.14. The van der Waals surface area contributed by atoms with Gasteiger partial charge >= 0.3 is 5.97 Å². The first-order valence-electron chi connectivity index (χ1n) is 9.98. The molecule has 150 valence electrons. The van der Waals surface area contributed by atoms with Gasteiger partial charge in [-0.2, -0.15) is 0 Å². The molecule has 3 rings (SSSR count). The highest BCUT2D eigenvalue weighted by Crippen LogP contribution is 2.18. The molecule has 0 radical (unpaired) electrons. The molecule has 0 bridgehead atoms. The van der Waals surface area contributed by atoms with E-state index in [1.807, 2.05) is 37.5 Å². The molecule has 0 amide bonds. The number of phenols is 1. The summed E-state index contributed by atoms with van der Waals surface area (Å²) in [6.07, 6.45) is 8.53. The zero-order valence-electron chi connectivity index (χ0n) is 16.6. The smallest absolute Gasteiger partial charge is 0.338 e. The number of benzene rings is 2. The molecule has 3 aromatic rings. The van der Waals surface area contributed by atoms with Crippen LogP contribution in [0.15, 0.2) is 67.0 Å². The van der Waals surface area contributed by atoms with E-state index in [9.17, 15) is 9.90 Å². The minimum Gasteiger partial charge on any atom is -0.508 e. The predicted octanol–water partition coefficient (Wildman–Crippen LogP) is 5.20. The zero-order chi connectivity index (χ0) is 20.5. The van der Waals surface area contributed by atoms with Crippen LogP contribution in [0, 0.1) is 0 Å². The number of carbonyl (C=O) groups is 1. The number of esters is 1. The van der Waals surface area contributed by atoms with E-state index < -0.39 is 0 Å². The monoisotopic (exact) mass is 390 g/mol. The molecule has 0 aliphatic carbocycles. The molecule has 0 aliphatic rings. The maximum absolute atomic E-state index is 12.0. The van der Waals surface area contributed by atoms with Crippen LogP contribution in [-0.2, 0) is 11.2 Å². The second-order valence-corrected chi connectivity index (χ2v) is 7.14. The molecular formula is C24H26N2O3. The Morgan fingerprint density at radius 2 is 1.66 bits per heavy atom. The number of aromatic hydroxyl groups is 1. The third kappa shape index (κ3) is 6.42. The van der Waals surface area contributed by atoms with Gasteiger partial charge in [-0.3, -0.25) is 0 Å². The van der Waals surface area contributed by atoms with Gasteiger partial charge in [0, 0.05) is 18.0 Å². The van der Waals surface area contributed by atoms with Crippen LogP contribution >= 0.6 is 0 Å². The summed E-state index contributed by atoms with van der Waals surface area (Å²) in [6, 6.07) is 16.0. The van der Waals surface area contributed by atoms with Gasteiger partial charge in [0.15, 0.2) is 5.82 Å². The van der Waals surface area contributed by atoms with Gasteiger partial charge in [0.2, 0.25) is 0 Å². The molecule has 0 saturated carbocycles. The van der Waals surface area contributed by atoms with Crippen LogP contribution in [0.2, 0.25) is 0 Å². The molecule has 1 heterocycles. The van der Waals surface area contributed by atoms with Gasteiger partial charge in [-0.1, -0.05) is 24.6 Å². The normalized spacial score (nSPS) is 11.8. The van der Waals surface area contributed by atoms with Crippen molar-refractivity contribution in [1.82, 2.24) is 9.97 Å². The number of nitrogens with zero attached hydrogens (tertiary/aromatic N) is 2. The van der Waals surface area contributed by atoms with Gasteiger partial charge < -0.3 is 9.84 Å². The van der Waals surface area contributed by atoms with E-state index in [0.29, 0.717) is 11.4 Å². The Labute approximate surface area is 171 Å². The topological polar surface area (TPSA) is 72.3 Å². The minimum atomic E-state index is -0.260. The molecule has 0 fully saturated rings. The third-order valence-corrected chi connectivity index (χ3v) is 4.72. The third-order valence-electron chi connectivity index (χ3n) is 4.72.